The van der Waals surface area contributed by atoms with E-state index in [0.29, 0.717) is 11.3 Å². The van der Waals surface area contributed by atoms with Gasteiger partial charge < -0.3 is 14.9 Å². The van der Waals surface area contributed by atoms with Crippen molar-refractivity contribution in [2.75, 3.05) is 12.5 Å². The molecule has 9 heteroatoms. The predicted octanol–water partition coefficient (Wildman–Crippen LogP) is 2.45. The number of hydrogen-bond acceptors (Lipinski definition) is 7. The number of nitro groups is 1. The van der Waals surface area contributed by atoms with Crippen molar-refractivity contribution in [1.82, 2.24) is 0 Å². The fourth-order valence-corrected chi connectivity index (χ4v) is 1.89. The standard InChI is InChI=1S/C15H13N3O6/c1-24-13-6-9(5-12(14(13)19)18(22)23)8-16-17-11-4-2-3-10(7-11)15(20)21/h2-8,17,19H,1H3,(H,20,21). The molecule has 0 aliphatic carbocycles. The Hall–Kier alpha value is -3.62. The van der Waals surface area contributed by atoms with Crippen LogP contribution in [0.5, 0.6) is 11.5 Å². The number of aromatic carboxylic acids is 1. The summed E-state index contributed by atoms with van der Waals surface area (Å²) in [6.07, 6.45) is 1.28. The normalized spacial score (nSPS) is 10.5. The quantitative estimate of drug-likeness (QED) is 0.420. The summed E-state index contributed by atoms with van der Waals surface area (Å²) in [5.74, 6) is -1.69. The SMILES string of the molecule is COc1cc(C=NNc2cccc(C(=O)O)c2)cc([N+](=O)[O-])c1O. The minimum absolute atomic E-state index is 0.0569. The third-order valence-electron chi connectivity index (χ3n) is 3.01. The molecular formula is C15H13N3O6. The Balaban J connectivity index is 2.23. The summed E-state index contributed by atoms with van der Waals surface area (Å²) in [7, 11) is 1.27. The van der Waals surface area contributed by atoms with Gasteiger partial charge in [0, 0.05) is 11.6 Å². The molecule has 0 aliphatic rings. The van der Waals surface area contributed by atoms with Gasteiger partial charge in [-0.3, -0.25) is 15.5 Å². The molecule has 3 N–H and O–H groups in total. The Kier molecular flexibility index (Phi) is 4.95. The number of carboxylic acids is 1. The molecule has 0 heterocycles. The maximum Gasteiger partial charge on any atom is 0.335 e. The third-order valence-corrected chi connectivity index (χ3v) is 3.01. The number of hydrazone groups is 1. The van der Waals surface area contributed by atoms with Gasteiger partial charge in [-0.05, 0) is 24.3 Å². The van der Waals surface area contributed by atoms with Crippen molar-refractivity contribution in [3.63, 3.8) is 0 Å². The lowest BCUT2D eigenvalue weighted by Gasteiger charge is -2.05. The highest BCUT2D eigenvalue weighted by atomic mass is 16.6. The van der Waals surface area contributed by atoms with Gasteiger partial charge in [0.1, 0.15) is 0 Å². The number of aromatic hydroxyl groups is 1. The average Bonchev–Trinajstić information content (AvgIpc) is 2.56. The van der Waals surface area contributed by atoms with Crippen LogP contribution in [-0.2, 0) is 0 Å². The summed E-state index contributed by atoms with van der Waals surface area (Å²) in [4.78, 5) is 21.1. The lowest BCUT2D eigenvalue weighted by molar-refractivity contribution is -0.386. The van der Waals surface area contributed by atoms with Crippen molar-refractivity contribution in [1.29, 1.82) is 0 Å². The van der Waals surface area contributed by atoms with Crippen molar-refractivity contribution in [3.8, 4) is 11.5 Å². The van der Waals surface area contributed by atoms with E-state index in [4.69, 9.17) is 9.84 Å². The second-order valence-corrected chi connectivity index (χ2v) is 4.60. The van der Waals surface area contributed by atoms with Crippen molar-refractivity contribution in [3.05, 3.63) is 57.6 Å². The van der Waals surface area contributed by atoms with E-state index in [9.17, 15) is 20.0 Å². The molecule has 0 bridgehead atoms. The van der Waals surface area contributed by atoms with Gasteiger partial charge in [0.05, 0.1) is 29.5 Å². The first-order valence-electron chi connectivity index (χ1n) is 6.60. The molecule has 124 valence electrons. The highest BCUT2D eigenvalue weighted by Crippen LogP contribution is 2.36. The fraction of sp³-hybridized carbons (Fsp3) is 0.0667. The van der Waals surface area contributed by atoms with Gasteiger partial charge in [-0.25, -0.2) is 4.79 Å². The number of nitrogens with one attached hydrogen (secondary N) is 1. The van der Waals surface area contributed by atoms with Gasteiger partial charge in [0.25, 0.3) is 0 Å². The van der Waals surface area contributed by atoms with E-state index in [1.54, 1.807) is 12.1 Å². The molecule has 0 amide bonds. The largest absolute Gasteiger partial charge is 0.500 e. The smallest absolute Gasteiger partial charge is 0.335 e. The maximum atomic E-state index is 10.9. The number of phenolic OH excluding ortho intramolecular Hbond substituents is 1. The Morgan fingerprint density at radius 1 is 1.38 bits per heavy atom. The van der Waals surface area contributed by atoms with Crippen molar-refractivity contribution in [2.24, 2.45) is 5.10 Å². The molecule has 0 saturated heterocycles. The van der Waals surface area contributed by atoms with E-state index in [1.807, 2.05) is 0 Å². The summed E-state index contributed by atoms with van der Waals surface area (Å²) < 4.78 is 4.88. The van der Waals surface area contributed by atoms with E-state index >= 15 is 0 Å². The monoisotopic (exact) mass is 331 g/mol. The number of ether oxygens (including phenoxy) is 1. The number of benzene rings is 2. The van der Waals surface area contributed by atoms with Crippen LogP contribution in [0.2, 0.25) is 0 Å². The van der Waals surface area contributed by atoms with Crippen molar-refractivity contribution < 1.29 is 24.7 Å². The van der Waals surface area contributed by atoms with Crippen LogP contribution in [-0.4, -0.2) is 34.4 Å². The number of carboxylic acid groups (broad SMARTS) is 1. The Morgan fingerprint density at radius 3 is 2.75 bits per heavy atom. The summed E-state index contributed by atoms with van der Waals surface area (Å²) in [6, 6.07) is 8.50. The first-order valence-corrected chi connectivity index (χ1v) is 6.60. The summed E-state index contributed by atoms with van der Waals surface area (Å²) >= 11 is 0. The average molecular weight is 331 g/mol. The number of anilines is 1. The molecule has 0 saturated carbocycles. The number of phenols is 1. The molecule has 0 fully saturated rings. The zero-order chi connectivity index (χ0) is 17.7. The fourth-order valence-electron chi connectivity index (χ4n) is 1.89. The van der Waals surface area contributed by atoms with Crippen LogP contribution in [0.1, 0.15) is 15.9 Å². The summed E-state index contributed by atoms with van der Waals surface area (Å²) in [6.45, 7) is 0. The van der Waals surface area contributed by atoms with Gasteiger partial charge >= 0.3 is 11.7 Å². The molecule has 2 aromatic rings. The Labute approximate surface area is 136 Å². The Morgan fingerprint density at radius 2 is 2.12 bits per heavy atom. The molecule has 24 heavy (non-hydrogen) atoms. The van der Waals surface area contributed by atoms with E-state index < -0.39 is 22.3 Å². The third kappa shape index (κ3) is 3.77. The molecular weight excluding hydrogens is 318 g/mol. The maximum absolute atomic E-state index is 10.9. The van der Waals surface area contributed by atoms with Crippen LogP contribution in [0.3, 0.4) is 0 Å². The first-order chi connectivity index (χ1) is 11.4. The van der Waals surface area contributed by atoms with Crippen LogP contribution in [0.25, 0.3) is 0 Å². The Bertz CT molecular complexity index is 819. The van der Waals surface area contributed by atoms with Crippen LogP contribution >= 0.6 is 0 Å². The topological polar surface area (TPSA) is 134 Å². The molecule has 0 unspecified atom stereocenters. The minimum Gasteiger partial charge on any atom is -0.500 e. The molecule has 0 spiro atoms. The minimum atomic E-state index is -1.07. The van der Waals surface area contributed by atoms with Gasteiger partial charge in [-0.2, -0.15) is 5.10 Å². The summed E-state index contributed by atoms with van der Waals surface area (Å²) in [5, 5.41) is 33.4. The van der Waals surface area contributed by atoms with Gasteiger partial charge in [-0.1, -0.05) is 6.07 Å². The second-order valence-electron chi connectivity index (χ2n) is 4.60. The highest BCUT2D eigenvalue weighted by Gasteiger charge is 2.19. The molecule has 0 aliphatic heterocycles. The number of methoxy groups -OCH3 is 1. The van der Waals surface area contributed by atoms with Crippen molar-refractivity contribution in [2.45, 2.75) is 0 Å². The van der Waals surface area contributed by atoms with E-state index in [-0.39, 0.29) is 11.3 Å². The molecule has 0 aromatic heterocycles. The van der Waals surface area contributed by atoms with E-state index in [1.165, 1.54) is 31.5 Å². The van der Waals surface area contributed by atoms with Crippen LogP contribution in [0.4, 0.5) is 11.4 Å². The van der Waals surface area contributed by atoms with Crippen LogP contribution in [0.15, 0.2) is 41.5 Å². The number of rotatable bonds is 6. The number of nitrogens with zero attached hydrogens (tertiary/aromatic N) is 2. The number of hydrogen-bond donors (Lipinski definition) is 3. The van der Waals surface area contributed by atoms with Gasteiger partial charge in [0.15, 0.2) is 5.75 Å². The zero-order valence-electron chi connectivity index (χ0n) is 12.5. The zero-order valence-corrected chi connectivity index (χ0v) is 12.5. The predicted molar refractivity (Wildman–Crippen MR) is 85.9 cm³/mol. The molecule has 2 rings (SSSR count). The molecule has 0 atom stereocenters. The second kappa shape index (κ2) is 7.09. The highest BCUT2D eigenvalue weighted by molar-refractivity contribution is 5.89. The lowest BCUT2D eigenvalue weighted by Crippen LogP contribution is -1.98. The lowest BCUT2D eigenvalue weighted by atomic mass is 10.2. The number of nitro benzene ring substituents is 1. The molecule has 2 aromatic carbocycles. The van der Waals surface area contributed by atoms with E-state index in [2.05, 4.69) is 10.5 Å². The van der Waals surface area contributed by atoms with Crippen LogP contribution in [0, 0.1) is 10.1 Å². The summed E-state index contributed by atoms with van der Waals surface area (Å²) in [5.41, 5.74) is 2.96. The molecule has 0 radical (unpaired) electrons. The van der Waals surface area contributed by atoms with Gasteiger partial charge in [-0.15, -0.1) is 0 Å². The molecule has 9 nitrogen and oxygen atoms in total. The number of carbonyl (C=O) groups is 1. The van der Waals surface area contributed by atoms with E-state index in [0.717, 1.165) is 6.07 Å². The van der Waals surface area contributed by atoms with Crippen molar-refractivity contribution >= 4 is 23.6 Å². The first kappa shape index (κ1) is 16.7. The van der Waals surface area contributed by atoms with Crippen LogP contribution < -0.4 is 10.2 Å². The van der Waals surface area contributed by atoms with Gasteiger partial charge in [0.2, 0.25) is 5.75 Å².